The van der Waals surface area contributed by atoms with Gasteiger partial charge in [-0.2, -0.15) is 0 Å². The average Bonchev–Trinajstić information content (AvgIpc) is 2.62. The summed E-state index contributed by atoms with van der Waals surface area (Å²) in [4.78, 5) is 4.94. The third kappa shape index (κ3) is 2.27. The van der Waals surface area contributed by atoms with Crippen LogP contribution in [0.5, 0.6) is 0 Å². The van der Waals surface area contributed by atoms with Gasteiger partial charge in [-0.15, -0.1) is 0 Å². The van der Waals surface area contributed by atoms with E-state index in [0.717, 1.165) is 22.5 Å². The maximum atomic E-state index is 4.94. The molecule has 1 heteroatoms. The van der Waals surface area contributed by atoms with Crippen LogP contribution in [0.15, 0.2) is 91.0 Å². The fraction of sp³-hybridized carbons (Fsp3) is 0. The van der Waals surface area contributed by atoms with E-state index in [2.05, 4.69) is 66.7 Å². The van der Waals surface area contributed by atoms with E-state index in [1.165, 1.54) is 10.8 Å². The zero-order chi connectivity index (χ0) is 14.8. The molecule has 4 rings (SSSR count). The second kappa shape index (κ2) is 5.45. The van der Waals surface area contributed by atoms with E-state index in [1.807, 2.05) is 24.3 Å². The van der Waals surface area contributed by atoms with Crippen molar-refractivity contribution in [3.05, 3.63) is 91.0 Å². The summed E-state index contributed by atoms with van der Waals surface area (Å²) in [6.07, 6.45) is 0. The summed E-state index contributed by atoms with van der Waals surface area (Å²) >= 11 is 0. The van der Waals surface area contributed by atoms with Crippen LogP contribution in [-0.2, 0) is 0 Å². The summed E-state index contributed by atoms with van der Waals surface area (Å²) in [5.74, 6) is 0. The minimum Gasteiger partial charge on any atom is -0.247 e. The molecule has 0 fully saturated rings. The molecule has 0 aliphatic heterocycles. The van der Waals surface area contributed by atoms with Gasteiger partial charge in [-0.3, -0.25) is 0 Å². The van der Waals surface area contributed by atoms with Gasteiger partial charge >= 0.3 is 0 Å². The molecule has 1 aromatic heterocycles. The van der Waals surface area contributed by atoms with Crippen molar-refractivity contribution in [2.24, 2.45) is 0 Å². The first-order valence-corrected chi connectivity index (χ1v) is 7.42. The Morgan fingerprint density at radius 1 is 0.545 bits per heavy atom. The van der Waals surface area contributed by atoms with Gasteiger partial charge in [0.25, 0.3) is 0 Å². The molecule has 0 radical (unpaired) electrons. The summed E-state index contributed by atoms with van der Waals surface area (Å²) in [5.41, 5.74) is 4.35. The van der Waals surface area contributed by atoms with Gasteiger partial charge in [0.05, 0.1) is 11.4 Å². The van der Waals surface area contributed by atoms with Crippen LogP contribution in [0, 0.1) is 0 Å². The van der Waals surface area contributed by atoms with E-state index in [0.29, 0.717) is 0 Å². The van der Waals surface area contributed by atoms with E-state index >= 15 is 0 Å². The molecule has 0 amide bonds. The van der Waals surface area contributed by atoms with Gasteiger partial charge in [-0.1, -0.05) is 84.9 Å². The topological polar surface area (TPSA) is 12.9 Å². The van der Waals surface area contributed by atoms with Gasteiger partial charge < -0.3 is 0 Å². The average molecular weight is 281 g/mol. The van der Waals surface area contributed by atoms with Crippen LogP contribution < -0.4 is 0 Å². The lowest BCUT2D eigenvalue weighted by Crippen LogP contribution is -1.90. The van der Waals surface area contributed by atoms with Crippen LogP contribution in [0.25, 0.3) is 33.3 Å². The van der Waals surface area contributed by atoms with Gasteiger partial charge in [0.15, 0.2) is 0 Å². The first-order chi connectivity index (χ1) is 10.9. The fourth-order valence-corrected chi connectivity index (χ4v) is 2.77. The Morgan fingerprint density at radius 3 is 1.86 bits per heavy atom. The largest absolute Gasteiger partial charge is 0.247 e. The van der Waals surface area contributed by atoms with Gasteiger partial charge in [0, 0.05) is 16.5 Å². The highest BCUT2D eigenvalue weighted by atomic mass is 14.7. The summed E-state index contributed by atoms with van der Waals surface area (Å²) in [7, 11) is 0. The standard InChI is InChI=1S/C21H15N/c1-3-9-16(10-4-1)20-15-18-13-7-8-14-19(18)21(22-20)17-11-5-2-6-12-17/h1-15H. The molecule has 0 N–H and O–H groups in total. The molecule has 0 saturated carbocycles. The number of benzene rings is 3. The number of aromatic nitrogens is 1. The highest BCUT2D eigenvalue weighted by Crippen LogP contribution is 2.30. The molecule has 0 bridgehead atoms. The Kier molecular flexibility index (Phi) is 3.17. The molecule has 4 aromatic rings. The zero-order valence-corrected chi connectivity index (χ0v) is 12.1. The summed E-state index contributed by atoms with van der Waals surface area (Å²) in [5, 5.41) is 2.41. The SMILES string of the molecule is c1ccc(-c2cc3ccccc3c(-c3ccccc3)n2)cc1. The third-order valence-corrected chi connectivity index (χ3v) is 3.86. The van der Waals surface area contributed by atoms with Gasteiger partial charge in [-0.05, 0) is 11.5 Å². The quantitative estimate of drug-likeness (QED) is 0.468. The molecule has 0 spiro atoms. The predicted octanol–water partition coefficient (Wildman–Crippen LogP) is 5.57. The third-order valence-electron chi connectivity index (χ3n) is 3.86. The van der Waals surface area contributed by atoms with E-state index in [-0.39, 0.29) is 0 Å². The van der Waals surface area contributed by atoms with Crippen LogP contribution in [0.4, 0.5) is 0 Å². The minimum atomic E-state index is 1.01. The smallest absolute Gasteiger partial charge is 0.0787 e. The molecular formula is C21H15N. The number of rotatable bonds is 2. The van der Waals surface area contributed by atoms with Crippen molar-refractivity contribution in [3.63, 3.8) is 0 Å². The Morgan fingerprint density at radius 2 is 1.14 bits per heavy atom. The van der Waals surface area contributed by atoms with Crippen molar-refractivity contribution in [3.8, 4) is 22.5 Å². The summed E-state index contributed by atoms with van der Waals surface area (Å²) in [6, 6.07) is 31.3. The molecule has 0 atom stereocenters. The lowest BCUT2D eigenvalue weighted by molar-refractivity contribution is 1.35. The zero-order valence-electron chi connectivity index (χ0n) is 12.1. The molecule has 104 valence electrons. The van der Waals surface area contributed by atoms with E-state index in [9.17, 15) is 0 Å². The molecular weight excluding hydrogens is 266 g/mol. The van der Waals surface area contributed by atoms with Crippen LogP contribution in [-0.4, -0.2) is 4.98 Å². The molecule has 0 saturated heterocycles. The number of nitrogens with zero attached hydrogens (tertiary/aromatic N) is 1. The molecule has 1 heterocycles. The van der Waals surface area contributed by atoms with Gasteiger partial charge in [0.1, 0.15) is 0 Å². The summed E-state index contributed by atoms with van der Waals surface area (Å²) < 4.78 is 0. The Hall–Kier alpha value is -2.93. The Balaban J connectivity index is 2.02. The van der Waals surface area contributed by atoms with E-state index in [4.69, 9.17) is 4.98 Å². The van der Waals surface area contributed by atoms with Crippen LogP contribution in [0.2, 0.25) is 0 Å². The normalized spacial score (nSPS) is 10.7. The maximum absolute atomic E-state index is 4.94. The molecule has 0 aliphatic rings. The Labute approximate surface area is 129 Å². The van der Waals surface area contributed by atoms with Crippen molar-refractivity contribution in [1.29, 1.82) is 0 Å². The van der Waals surface area contributed by atoms with Crippen LogP contribution in [0.1, 0.15) is 0 Å². The number of pyridine rings is 1. The Bertz CT molecular complexity index is 912. The minimum absolute atomic E-state index is 1.01. The first-order valence-electron chi connectivity index (χ1n) is 7.42. The van der Waals surface area contributed by atoms with Crippen molar-refractivity contribution in [2.75, 3.05) is 0 Å². The second-order valence-corrected chi connectivity index (χ2v) is 5.31. The molecule has 0 unspecified atom stereocenters. The number of hydrogen-bond donors (Lipinski definition) is 0. The lowest BCUT2D eigenvalue weighted by Gasteiger charge is -2.10. The van der Waals surface area contributed by atoms with Crippen molar-refractivity contribution in [2.45, 2.75) is 0 Å². The highest BCUT2D eigenvalue weighted by molar-refractivity contribution is 5.96. The van der Waals surface area contributed by atoms with E-state index in [1.54, 1.807) is 0 Å². The van der Waals surface area contributed by atoms with Gasteiger partial charge in [-0.25, -0.2) is 4.98 Å². The number of fused-ring (bicyclic) bond motifs is 1. The molecule has 3 aromatic carbocycles. The van der Waals surface area contributed by atoms with E-state index < -0.39 is 0 Å². The van der Waals surface area contributed by atoms with Crippen molar-refractivity contribution in [1.82, 2.24) is 4.98 Å². The van der Waals surface area contributed by atoms with Crippen LogP contribution in [0.3, 0.4) is 0 Å². The van der Waals surface area contributed by atoms with Crippen molar-refractivity contribution < 1.29 is 0 Å². The van der Waals surface area contributed by atoms with Crippen LogP contribution >= 0.6 is 0 Å². The highest BCUT2D eigenvalue weighted by Gasteiger charge is 2.09. The fourth-order valence-electron chi connectivity index (χ4n) is 2.77. The second-order valence-electron chi connectivity index (χ2n) is 5.31. The summed E-state index contributed by atoms with van der Waals surface area (Å²) in [6.45, 7) is 0. The van der Waals surface area contributed by atoms with Crippen molar-refractivity contribution >= 4 is 10.8 Å². The first kappa shape index (κ1) is 12.8. The molecule has 1 nitrogen and oxygen atoms in total. The molecule has 0 aliphatic carbocycles. The lowest BCUT2D eigenvalue weighted by atomic mass is 10.0. The molecule has 22 heavy (non-hydrogen) atoms. The number of hydrogen-bond acceptors (Lipinski definition) is 1. The maximum Gasteiger partial charge on any atom is 0.0787 e. The predicted molar refractivity (Wildman–Crippen MR) is 92.6 cm³/mol. The van der Waals surface area contributed by atoms with Gasteiger partial charge in [0.2, 0.25) is 0 Å². The monoisotopic (exact) mass is 281 g/mol.